The summed E-state index contributed by atoms with van der Waals surface area (Å²) in [6.07, 6.45) is 2.75. The standard InChI is InChI=1S/C27H28BrNO3/c1-19-22(10-7-11-23(19)21-8-3-2-4-9-21)18-32-26-14-13-20(16-24(26)28)17-29-15-6-5-12-25(29)27(30)31/h2-4,7-11,13-14,16,25H,5-6,12,15,17-18H2,1H3,(H,30,31)/t25-/m0/s1. The van der Waals surface area contributed by atoms with Crippen molar-refractivity contribution in [3.8, 4) is 16.9 Å². The Kier molecular flexibility index (Phi) is 7.28. The molecule has 0 radical (unpaired) electrons. The lowest BCUT2D eigenvalue weighted by molar-refractivity contribution is -0.144. The van der Waals surface area contributed by atoms with Crippen LogP contribution in [0.2, 0.25) is 0 Å². The maximum Gasteiger partial charge on any atom is 0.320 e. The third-order valence-corrected chi connectivity index (χ3v) is 6.81. The summed E-state index contributed by atoms with van der Waals surface area (Å²) in [4.78, 5) is 13.6. The van der Waals surface area contributed by atoms with Gasteiger partial charge in [-0.2, -0.15) is 0 Å². The first kappa shape index (κ1) is 22.6. The van der Waals surface area contributed by atoms with Crippen molar-refractivity contribution in [2.45, 2.75) is 45.4 Å². The van der Waals surface area contributed by atoms with Gasteiger partial charge in [-0.3, -0.25) is 9.69 Å². The molecule has 0 saturated carbocycles. The van der Waals surface area contributed by atoms with Crippen LogP contribution in [-0.2, 0) is 17.9 Å². The zero-order valence-electron chi connectivity index (χ0n) is 18.3. The molecular weight excluding hydrogens is 466 g/mol. The number of nitrogens with zero attached hydrogens (tertiary/aromatic N) is 1. The molecule has 1 aliphatic rings. The number of likely N-dealkylation sites (tertiary alicyclic amines) is 1. The minimum absolute atomic E-state index is 0.390. The lowest BCUT2D eigenvalue weighted by Crippen LogP contribution is -2.43. The number of hydrogen-bond donors (Lipinski definition) is 1. The summed E-state index contributed by atoms with van der Waals surface area (Å²) in [6, 6.07) is 22.3. The highest BCUT2D eigenvalue weighted by atomic mass is 79.9. The van der Waals surface area contributed by atoms with E-state index in [0.717, 1.165) is 47.2 Å². The molecule has 32 heavy (non-hydrogen) atoms. The molecular formula is C27H28BrNO3. The molecule has 0 aliphatic carbocycles. The number of halogens is 1. The van der Waals surface area contributed by atoms with Crippen LogP contribution in [0.5, 0.6) is 5.75 Å². The normalized spacial score (nSPS) is 16.6. The Hall–Kier alpha value is -2.63. The Balaban J connectivity index is 1.44. The molecule has 0 bridgehead atoms. The zero-order valence-corrected chi connectivity index (χ0v) is 19.8. The van der Waals surface area contributed by atoms with Crippen molar-refractivity contribution in [3.63, 3.8) is 0 Å². The van der Waals surface area contributed by atoms with Gasteiger partial charge in [0.1, 0.15) is 18.4 Å². The summed E-state index contributed by atoms with van der Waals surface area (Å²) >= 11 is 3.64. The van der Waals surface area contributed by atoms with Crippen molar-refractivity contribution in [3.05, 3.63) is 87.9 Å². The first-order chi connectivity index (χ1) is 15.5. The maximum atomic E-state index is 11.6. The quantitative estimate of drug-likeness (QED) is 0.411. The fourth-order valence-electron chi connectivity index (χ4n) is 4.38. The highest BCUT2D eigenvalue weighted by molar-refractivity contribution is 9.10. The Morgan fingerprint density at radius 2 is 1.91 bits per heavy atom. The average Bonchev–Trinajstić information content (AvgIpc) is 2.80. The molecule has 3 aromatic rings. The lowest BCUT2D eigenvalue weighted by Gasteiger charge is -2.32. The number of hydrogen-bond acceptors (Lipinski definition) is 3. The topological polar surface area (TPSA) is 49.8 Å². The minimum atomic E-state index is -0.725. The van der Waals surface area contributed by atoms with Gasteiger partial charge in [0.2, 0.25) is 0 Å². The van der Waals surface area contributed by atoms with Crippen LogP contribution in [0.4, 0.5) is 0 Å². The van der Waals surface area contributed by atoms with E-state index in [9.17, 15) is 9.90 Å². The third-order valence-electron chi connectivity index (χ3n) is 6.19. The summed E-state index contributed by atoms with van der Waals surface area (Å²) in [6.45, 7) is 4.08. The van der Waals surface area contributed by atoms with E-state index in [2.05, 4.69) is 70.2 Å². The monoisotopic (exact) mass is 493 g/mol. The second kappa shape index (κ2) is 10.3. The van der Waals surface area contributed by atoms with Crippen LogP contribution >= 0.6 is 15.9 Å². The molecule has 1 heterocycles. The molecule has 4 nitrogen and oxygen atoms in total. The predicted molar refractivity (Wildman–Crippen MR) is 131 cm³/mol. The van der Waals surface area contributed by atoms with Crippen LogP contribution < -0.4 is 4.74 Å². The average molecular weight is 494 g/mol. The fraction of sp³-hybridized carbons (Fsp3) is 0.296. The van der Waals surface area contributed by atoms with E-state index < -0.39 is 12.0 Å². The predicted octanol–water partition coefficient (Wildman–Crippen LogP) is 6.44. The van der Waals surface area contributed by atoms with Crippen LogP contribution in [0.1, 0.15) is 36.0 Å². The Bertz CT molecular complexity index is 1080. The largest absolute Gasteiger partial charge is 0.488 e. The van der Waals surface area contributed by atoms with E-state index in [4.69, 9.17) is 4.74 Å². The molecule has 0 spiro atoms. The molecule has 5 heteroatoms. The molecule has 166 valence electrons. The summed E-state index contributed by atoms with van der Waals surface area (Å²) in [5.74, 6) is 0.0588. The van der Waals surface area contributed by atoms with Crippen LogP contribution in [0, 0.1) is 6.92 Å². The molecule has 1 saturated heterocycles. The summed E-state index contributed by atoms with van der Waals surface area (Å²) < 4.78 is 7.03. The summed E-state index contributed by atoms with van der Waals surface area (Å²) in [5.41, 5.74) is 5.88. The molecule has 1 atom stereocenters. The van der Waals surface area contributed by atoms with Crippen molar-refractivity contribution in [2.24, 2.45) is 0 Å². The van der Waals surface area contributed by atoms with Gasteiger partial charge < -0.3 is 9.84 Å². The second-order valence-electron chi connectivity index (χ2n) is 8.33. The van der Waals surface area contributed by atoms with Gasteiger partial charge in [0, 0.05) is 6.54 Å². The molecule has 0 unspecified atom stereocenters. The van der Waals surface area contributed by atoms with Gasteiger partial charge in [-0.15, -0.1) is 0 Å². The van der Waals surface area contributed by atoms with Gasteiger partial charge in [0.25, 0.3) is 0 Å². The number of rotatable bonds is 7. The number of piperidine rings is 1. The second-order valence-corrected chi connectivity index (χ2v) is 9.18. The molecule has 0 amide bonds. The van der Waals surface area contributed by atoms with Crippen LogP contribution in [0.25, 0.3) is 11.1 Å². The van der Waals surface area contributed by atoms with Gasteiger partial charge >= 0.3 is 5.97 Å². The van der Waals surface area contributed by atoms with Gasteiger partial charge in [-0.25, -0.2) is 0 Å². The first-order valence-electron chi connectivity index (χ1n) is 11.0. The van der Waals surface area contributed by atoms with Crippen molar-refractivity contribution in [2.75, 3.05) is 6.54 Å². The maximum absolute atomic E-state index is 11.6. The van der Waals surface area contributed by atoms with Gasteiger partial charge in [-0.05, 0) is 82.2 Å². The number of benzene rings is 3. The molecule has 1 fully saturated rings. The number of aliphatic carboxylic acids is 1. The molecule has 4 rings (SSSR count). The number of carboxylic acids is 1. The van der Waals surface area contributed by atoms with Crippen LogP contribution in [-0.4, -0.2) is 28.6 Å². The van der Waals surface area contributed by atoms with Gasteiger partial charge in [0.15, 0.2) is 0 Å². The van der Waals surface area contributed by atoms with E-state index >= 15 is 0 Å². The van der Waals surface area contributed by atoms with E-state index in [0.29, 0.717) is 13.2 Å². The van der Waals surface area contributed by atoms with Crippen molar-refractivity contribution < 1.29 is 14.6 Å². The summed E-state index contributed by atoms with van der Waals surface area (Å²) in [5, 5.41) is 9.51. The minimum Gasteiger partial charge on any atom is -0.488 e. The highest BCUT2D eigenvalue weighted by Gasteiger charge is 2.28. The third kappa shape index (κ3) is 5.22. The van der Waals surface area contributed by atoms with Gasteiger partial charge in [-0.1, -0.05) is 61.0 Å². The molecule has 1 N–H and O–H groups in total. The van der Waals surface area contributed by atoms with E-state index in [1.54, 1.807) is 0 Å². The smallest absolute Gasteiger partial charge is 0.320 e. The number of ether oxygens (including phenoxy) is 1. The fourth-order valence-corrected chi connectivity index (χ4v) is 4.92. The van der Waals surface area contributed by atoms with E-state index in [1.165, 1.54) is 16.7 Å². The molecule has 1 aliphatic heterocycles. The van der Waals surface area contributed by atoms with Crippen LogP contribution in [0.15, 0.2) is 71.2 Å². The number of carboxylic acid groups (broad SMARTS) is 1. The Morgan fingerprint density at radius 3 is 2.66 bits per heavy atom. The zero-order chi connectivity index (χ0) is 22.5. The van der Waals surface area contributed by atoms with Crippen molar-refractivity contribution in [1.82, 2.24) is 4.90 Å². The molecule has 0 aromatic heterocycles. The SMILES string of the molecule is Cc1c(COc2ccc(CN3CCCC[C@H]3C(=O)O)cc2Br)cccc1-c1ccccc1. The highest BCUT2D eigenvalue weighted by Crippen LogP contribution is 2.30. The Labute approximate surface area is 198 Å². The first-order valence-corrected chi connectivity index (χ1v) is 11.8. The lowest BCUT2D eigenvalue weighted by atomic mass is 9.97. The van der Waals surface area contributed by atoms with Crippen molar-refractivity contribution in [1.29, 1.82) is 0 Å². The summed E-state index contributed by atoms with van der Waals surface area (Å²) in [7, 11) is 0. The van der Waals surface area contributed by atoms with E-state index in [1.807, 2.05) is 24.3 Å². The van der Waals surface area contributed by atoms with Gasteiger partial charge in [0.05, 0.1) is 4.47 Å². The van der Waals surface area contributed by atoms with Crippen LogP contribution in [0.3, 0.4) is 0 Å². The number of carbonyl (C=O) groups is 1. The van der Waals surface area contributed by atoms with E-state index in [-0.39, 0.29) is 0 Å². The Morgan fingerprint density at radius 1 is 1.09 bits per heavy atom. The van der Waals surface area contributed by atoms with Crippen molar-refractivity contribution >= 4 is 21.9 Å². The molecule has 3 aromatic carbocycles.